The van der Waals surface area contributed by atoms with E-state index in [9.17, 15) is 13.2 Å². The van der Waals surface area contributed by atoms with E-state index in [2.05, 4.69) is 19.9 Å². The highest BCUT2D eigenvalue weighted by Gasteiger charge is 2.27. The lowest BCUT2D eigenvalue weighted by atomic mass is 10.1. The number of nitrogens with one attached hydrogen (secondary N) is 2. The van der Waals surface area contributed by atoms with Crippen molar-refractivity contribution in [2.24, 2.45) is 0 Å². The average Bonchev–Trinajstić information content (AvgIpc) is 3.29. The molecule has 9 nitrogen and oxygen atoms in total. The van der Waals surface area contributed by atoms with E-state index >= 15 is 0 Å². The van der Waals surface area contributed by atoms with Gasteiger partial charge in [0.05, 0.1) is 23.3 Å². The summed E-state index contributed by atoms with van der Waals surface area (Å²) in [5.74, 6) is 0.470. The van der Waals surface area contributed by atoms with E-state index in [1.807, 2.05) is 24.0 Å². The van der Waals surface area contributed by atoms with Crippen LogP contribution in [0.25, 0.3) is 11.1 Å². The van der Waals surface area contributed by atoms with Crippen molar-refractivity contribution < 1.29 is 13.2 Å². The van der Waals surface area contributed by atoms with Gasteiger partial charge in [-0.3, -0.25) is 4.79 Å². The predicted octanol–water partition coefficient (Wildman–Crippen LogP) is 3.22. The fourth-order valence-electron chi connectivity index (χ4n) is 3.76. The molecule has 1 aromatic carbocycles. The van der Waals surface area contributed by atoms with Crippen molar-refractivity contribution in [2.45, 2.75) is 37.2 Å². The Morgan fingerprint density at radius 1 is 1.24 bits per heavy atom. The Labute approximate surface area is 203 Å². The van der Waals surface area contributed by atoms with E-state index in [-0.39, 0.29) is 16.0 Å². The van der Waals surface area contributed by atoms with Gasteiger partial charge in [0.25, 0.3) is 5.56 Å². The van der Waals surface area contributed by atoms with E-state index in [1.165, 1.54) is 6.20 Å². The molecule has 34 heavy (non-hydrogen) atoms. The zero-order chi connectivity index (χ0) is 24.1. The number of sulfonamides is 1. The second kappa shape index (κ2) is 10.5. The SMILES string of the molecule is CCCCNS(=O)(=O)c1ccc(-c2ccnc(O[C@@H]3CCN(c4cn[nH]c(=O)c4Cl)C3)c2)cc1. The van der Waals surface area contributed by atoms with Crippen LogP contribution < -0.4 is 19.9 Å². The van der Waals surface area contributed by atoms with Crippen molar-refractivity contribution >= 4 is 27.3 Å². The molecule has 1 aliphatic heterocycles. The van der Waals surface area contributed by atoms with Gasteiger partial charge in [-0.15, -0.1) is 0 Å². The smallest absolute Gasteiger partial charge is 0.285 e. The van der Waals surface area contributed by atoms with E-state index < -0.39 is 15.6 Å². The summed E-state index contributed by atoms with van der Waals surface area (Å²) in [6, 6.07) is 10.4. The zero-order valence-corrected chi connectivity index (χ0v) is 20.3. The molecule has 1 fully saturated rings. The second-order valence-corrected chi connectivity index (χ2v) is 10.2. The molecule has 0 aliphatic carbocycles. The van der Waals surface area contributed by atoms with Gasteiger partial charge >= 0.3 is 0 Å². The minimum absolute atomic E-state index is 0.113. The summed E-state index contributed by atoms with van der Waals surface area (Å²) >= 11 is 6.12. The minimum Gasteiger partial charge on any atom is -0.472 e. The van der Waals surface area contributed by atoms with Crippen molar-refractivity contribution in [3.05, 3.63) is 64.2 Å². The number of hydrogen-bond acceptors (Lipinski definition) is 7. The van der Waals surface area contributed by atoms with Gasteiger partial charge in [-0.25, -0.2) is 23.2 Å². The second-order valence-electron chi connectivity index (χ2n) is 8.03. The normalized spacial score (nSPS) is 16.1. The number of nitrogens with zero attached hydrogens (tertiary/aromatic N) is 3. The van der Waals surface area contributed by atoms with Gasteiger partial charge < -0.3 is 9.64 Å². The molecule has 11 heteroatoms. The third kappa shape index (κ3) is 5.57. The molecule has 2 N–H and O–H groups in total. The van der Waals surface area contributed by atoms with Crippen LogP contribution >= 0.6 is 11.6 Å². The monoisotopic (exact) mass is 503 g/mol. The number of anilines is 1. The maximum Gasteiger partial charge on any atom is 0.285 e. The molecule has 4 rings (SSSR count). The minimum atomic E-state index is -3.52. The Bertz CT molecular complexity index is 1300. The Morgan fingerprint density at radius 3 is 2.79 bits per heavy atom. The first-order valence-corrected chi connectivity index (χ1v) is 12.9. The number of benzene rings is 1. The van der Waals surface area contributed by atoms with Crippen LogP contribution in [0.5, 0.6) is 5.88 Å². The Kier molecular flexibility index (Phi) is 7.50. The molecule has 0 spiro atoms. The highest BCUT2D eigenvalue weighted by atomic mass is 35.5. The lowest BCUT2D eigenvalue weighted by molar-refractivity contribution is 0.216. The summed E-state index contributed by atoms with van der Waals surface area (Å²) in [7, 11) is -3.52. The third-order valence-electron chi connectivity index (χ3n) is 5.61. The fourth-order valence-corrected chi connectivity index (χ4v) is 5.04. The van der Waals surface area contributed by atoms with Crippen molar-refractivity contribution in [1.82, 2.24) is 19.9 Å². The van der Waals surface area contributed by atoms with E-state index in [0.717, 1.165) is 30.4 Å². The maximum absolute atomic E-state index is 12.4. The molecule has 3 heterocycles. The molecule has 2 aromatic heterocycles. The van der Waals surface area contributed by atoms with Crippen LogP contribution in [0.3, 0.4) is 0 Å². The standard InChI is InChI=1S/C23H26ClN5O4S/c1-2-3-10-27-34(31,32)19-6-4-16(5-7-19)17-8-11-25-21(13-17)33-18-9-12-29(15-18)20-14-26-28-23(30)22(20)24/h4-8,11,13-14,18,27H,2-3,9-10,12,15H2,1H3,(H,28,30)/t18-/m1/s1. The summed E-state index contributed by atoms with van der Waals surface area (Å²) in [5.41, 5.74) is 1.88. The Morgan fingerprint density at radius 2 is 2.03 bits per heavy atom. The third-order valence-corrected chi connectivity index (χ3v) is 7.45. The van der Waals surface area contributed by atoms with E-state index in [1.54, 1.807) is 30.5 Å². The van der Waals surface area contributed by atoms with Gasteiger partial charge in [-0.05, 0) is 35.7 Å². The van der Waals surface area contributed by atoms with Gasteiger partial charge in [0, 0.05) is 31.8 Å². The molecule has 1 saturated heterocycles. The lowest BCUT2D eigenvalue weighted by Crippen LogP contribution is -2.26. The van der Waals surface area contributed by atoms with Crippen LogP contribution in [0, 0.1) is 0 Å². The predicted molar refractivity (Wildman–Crippen MR) is 131 cm³/mol. The molecule has 0 amide bonds. The first kappa shape index (κ1) is 24.2. The number of H-pyrrole nitrogens is 1. The Hall–Kier alpha value is -2.95. The first-order valence-electron chi connectivity index (χ1n) is 11.1. The number of hydrogen-bond donors (Lipinski definition) is 2. The van der Waals surface area contributed by atoms with Gasteiger partial charge in [-0.2, -0.15) is 5.10 Å². The first-order chi connectivity index (χ1) is 16.4. The quantitative estimate of drug-likeness (QED) is 0.430. The maximum atomic E-state index is 12.4. The number of aromatic amines is 1. The molecular weight excluding hydrogens is 478 g/mol. The number of pyridine rings is 1. The molecule has 3 aromatic rings. The molecule has 0 radical (unpaired) electrons. The van der Waals surface area contributed by atoms with Crippen LogP contribution in [0.4, 0.5) is 5.69 Å². The van der Waals surface area contributed by atoms with Crippen LogP contribution in [0.2, 0.25) is 5.02 Å². The molecule has 0 unspecified atom stereocenters. The van der Waals surface area contributed by atoms with Crippen molar-refractivity contribution in [1.29, 1.82) is 0 Å². The summed E-state index contributed by atoms with van der Waals surface area (Å²) in [4.78, 5) is 18.2. The number of aromatic nitrogens is 3. The summed E-state index contributed by atoms with van der Waals surface area (Å²) < 4.78 is 33.5. The largest absolute Gasteiger partial charge is 0.472 e. The topological polar surface area (TPSA) is 117 Å². The average molecular weight is 504 g/mol. The number of rotatable bonds is 9. The molecule has 0 saturated carbocycles. The van der Waals surface area contributed by atoms with Crippen molar-refractivity contribution in [3.63, 3.8) is 0 Å². The number of ether oxygens (including phenoxy) is 1. The number of halogens is 1. The summed E-state index contributed by atoms with van der Waals surface area (Å²) in [6.07, 6.45) is 5.53. The summed E-state index contributed by atoms with van der Waals surface area (Å²) in [5, 5.41) is 6.25. The highest BCUT2D eigenvalue weighted by molar-refractivity contribution is 7.89. The van der Waals surface area contributed by atoms with Crippen molar-refractivity contribution in [3.8, 4) is 17.0 Å². The molecule has 1 aliphatic rings. The van der Waals surface area contributed by atoms with Crippen LogP contribution in [0.15, 0.2) is 58.5 Å². The summed E-state index contributed by atoms with van der Waals surface area (Å²) in [6.45, 7) is 3.66. The van der Waals surface area contributed by atoms with Gasteiger partial charge in [0.2, 0.25) is 15.9 Å². The molecular formula is C23H26ClN5O4S. The number of unbranched alkanes of at least 4 members (excludes halogenated alkanes) is 1. The highest BCUT2D eigenvalue weighted by Crippen LogP contribution is 2.28. The van der Waals surface area contributed by atoms with Crippen molar-refractivity contribution in [2.75, 3.05) is 24.5 Å². The van der Waals surface area contributed by atoms with Gasteiger partial charge in [0.1, 0.15) is 11.1 Å². The lowest BCUT2D eigenvalue weighted by Gasteiger charge is -2.19. The molecule has 180 valence electrons. The van der Waals surface area contributed by atoms with Crippen LogP contribution in [-0.4, -0.2) is 49.3 Å². The van der Waals surface area contributed by atoms with Gasteiger partial charge in [-0.1, -0.05) is 37.1 Å². The zero-order valence-electron chi connectivity index (χ0n) is 18.7. The van der Waals surface area contributed by atoms with Crippen LogP contribution in [-0.2, 0) is 10.0 Å². The van der Waals surface area contributed by atoms with E-state index in [4.69, 9.17) is 16.3 Å². The van der Waals surface area contributed by atoms with Gasteiger partial charge in [0.15, 0.2) is 0 Å². The Balaban J connectivity index is 1.42. The molecule has 1 atom stereocenters. The van der Waals surface area contributed by atoms with E-state index in [0.29, 0.717) is 31.2 Å². The molecule has 0 bridgehead atoms. The fraction of sp³-hybridized carbons (Fsp3) is 0.348. The van der Waals surface area contributed by atoms with Crippen LogP contribution in [0.1, 0.15) is 26.2 Å².